The molecular weight excluding hydrogens is 388 g/mol. The molecule has 1 nitrogen and oxygen atoms in total. The number of hydrogen-bond donors (Lipinski definition) is 0. The van der Waals surface area contributed by atoms with E-state index in [1.807, 2.05) is 0 Å². The first-order valence-corrected chi connectivity index (χ1v) is 9.77. The van der Waals surface area contributed by atoms with Gasteiger partial charge in [-0.15, -0.1) is 0 Å². The van der Waals surface area contributed by atoms with Crippen molar-refractivity contribution >= 4 is 41.3 Å². The number of benzene rings is 2. The predicted molar refractivity (Wildman–Crippen MR) is 104 cm³/mol. The van der Waals surface area contributed by atoms with Crippen LogP contribution in [0, 0.1) is 3.57 Å². The molecule has 112 valence electrons. The third-order valence-electron chi connectivity index (χ3n) is 3.37. The standard InChI is InChI=1S/C18H23INP/c1-14(2)20(15(3)4)21(16-10-6-5-7-11-16)18-13-9-8-12-17(18)19/h5-15H,1-4H3. The van der Waals surface area contributed by atoms with Gasteiger partial charge in [-0.25, -0.2) is 0 Å². The number of nitrogens with zero attached hydrogens (tertiary/aromatic N) is 1. The Morgan fingerprint density at radius 1 is 0.810 bits per heavy atom. The van der Waals surface area contributed by atoms with Gasteiger partial charge in [-0.2, -0.15) is 0 Å². The second-order valence-electron chi connectivity index (χ2n) is 5.67. The van der Waals surface area contributed by atoms with E-state index in [0.717, 1.165) is 0 Å². The Morgan fingerprint density at radius 2 is 1.33 bits per heavy atom. The normalized spacial score (nSPS) is 13.1. The van der Waals surface area contributed by atoms with Crippen molar-refractivity contribution < 1.29 is 0 Å². The van der Waals surface area contributed by atoms with Crippen LogP contribution in [0.4, 0.5) is 0 Å². The molecule has 21 heavy (non-hydrogen) atoms. The molecule has 0 aliphatic carbocycles. The van der Waals surface area contributed by atoms with Gasteiger partial charge >= 0.3 is 0 Å². The van der Waals surface area contributed by atoms with E-state index in [0.29, 0.717) is 12.1 Å². The highest BCUT2D eigenvalue weighted by atomic mass is 127. The third-order valence-corrected chi connectivity index (χ3v) is 7.76. The van der Waals surface area contributed by atoms with E-state index in [2.05, 4.69) is 110 Å². The summed E-state index contributed by atoms with van der Waals surface area (Å²) in [4.78, 5) is 0. The summed E-state index contributed by atoms with van der Waals surface area (Å²) in [6.07, 6.45) is 0. The molecular formula is C18H23INP. The van der Waals surface area contributed by atoms with E-state index in [-0.39, 0.29) is 0 Å². The summed E-state index contributed by atoms with van der Waals surface area (Å²) in [5.41, 5.74) is 0. The van der Waals surface area contributed by atoms with E-state index in [9.17, 15) is 0 Å². The summed E-state index contributed by atoms with van der Waals surface area (Å²) in [5.74, 6) is 0. The zero-order chi connectivity index (χ0) is 15.4. The highest BCUT2D eigenvalue weighted by Gasteiger charge is 2.28. The fourth-order valence-electron chi connectivity index (χ4n) is 2.65. The summed E-state index contributed by atoms with van der Waals surface area (Å²) in [6.45, 7) is 9.20. The van der Waals surface area contributed by atoms with E-state index in [1.165, 1.54) is 14.2 Å². The van der Waals surface area contributed by atoms with Crippen molar-refractivity contribution in [3.05, 3.63) is 58.2 Å². The lowest BCUT2D eigenvalue weighted by atomic mass is 10.3. The van der Waals surface area contributed by atoms with Crippen LogP contribution in [-0.2, 0) is 0 Å². The minimum atomic E-state index is -0.488. The summed E-state index contributed by atoms with van der Waals surface area (Å²) in [7, 11) is -0.488. The van der Waals surface area contributed by atoms with Crippen LogP contribution < -0.4 is 10.6 Å². The SMILES string of the molecule is CC(C)N(C(C)C)P(c1ccccc1)c1ccccc1I. The van der Waals surface area contributed by atoms with E-state index in [4.69, 9.17) is 0 Å². The fraction of sp³-hybridized carbons (Fsp3) is 0.333. The van der Waals surface area contributed by atoms with Gasteiger partial charge in [0.05, 0.1) is 0 Å². The van der Waals surface area contributed by atoms with Gasteiger partial charge in [0.15, 0.2) is 0 Å². The second-order valence-corrected chi connectivity index (χ2v) is 8.91. The van der Waals surface area contributed by atoms with E-state index in [1.54, 1.807) is 0 Å². The van der Waals surface area contributed by atoms with E-state index >= 15 is 0 Å². The molecule has 2 rings (SSSR count). The predicted octanol–water partition coefficient (Wildman–Crippen LogP) is 4.76. The molecule has 0 spiro atoms. The largest absolute Gasteiger partial charge is 0.270 e. The summed E-state index contributed by atoms with van der Waals surface area (Å²) in [6, 6.07) is 20.8. The number of rotatable bonds is 5. The molecule has 0 radical (unpaired) electrons. The maximum Gasteiger partial charge on any atom is 0.0296 e. The Hall–Kier alpha value is -0.440. The van der Waals surface area contributed by atoms with Gasteiger partial charge in [-0.3, -0.25) is 4.67 Å². The summed E-state index contributed by atoms with van der Waals surface area (Å²) < 4.78 is 4.01. The number of hydrogen-bond acceptors (Lipinski definition) is 1. The molecule has 1 unspecified atom stereocenters. The molecule has 2 aromatic carbocycles. The van der Waals surface area contributed by atoms with Crippen molar-refractivity contribution in [2.75, 3.05) is 0 Å². The Bertz CT molecular complexity index is 560. The van der Waals surface area contributed by atoms with Crippen LogP contribution >= 0.6 is 30.7 Å². The monoisotopic (exact) mass is 411 g/mol. The quantitative estimate of drug-likeness (QED) is 0.507. The molecule has 0 fully saturated rings. The van der Waals surface area contributed by atoms with Crippen LogP contribution in [0.5, 0.6) is 0 Å². The van der Waals surface area contributed by atoms with Gasteiger partial charge in [-0.05, 0) is 61.7 Å². The zero-order valence-electron chi connectivity index (χ0n) is 13.1. The Morgan fingerprint density at radius 3 is 1.86 bits per heavy atom. The van der Waals surface area contributed by atoms with Gasteiger partial charge in [-0.1, -0.05) is 48.5 Å². The van der Waals surface area contributed by atoms with Crippen LogP contribution in [0.25, 0.3) is 0 Å². The Kier molecular flexibility index (Phi) is 6.21. The third kappa shape index (κ3) is 4.06. The van der Waals surface area contributed by atoms with Gasteiger partial charge in [0.25, 0.3) is 0 Å². The van der Waals surface area contributed by atoms with Crippen LogP contribution in [0.15, 0.2) is 54.6 Å². The minimum absolute atomic E-state index is 0.488. The fourth-order valence-corrected chi connectivity index (χ4v) is 6.40. The first kappa shape index (κ1) is 16.9. The molecule has 0 amide bonds. The Balaban J connectivity index is 2.57. The topological polar surface area (TPSA) is 3.24 Å². The van der Waals surface area contributed by atoms with Gasteiger partial charge in [0, 0.05) is 29.0 Å². The lowest BCUT2D eigenvalue weighted by Gasteiger charge is -2.39. The van der Waals surface area contributed by atoms with Crippen molar-refractivity contribution in [3.63, 3.8) is 0 Å². The average molecular weight is 411 g/mol. The lowest BCUT2D eigenvalue weighted by Crippen LogP contribution is -2.39. The van der Waals surface area contributed by atoms with Gasteiger partial charge in [0.1, 0.15) is 0 Å². The van der Waals surface area contributed by atoms with Crippen LogP contribution in [0.3, 0.4) is 0 Å². The summed E-state index contributed by atoms with van der Waals surface area (Å²) in [5, 5.41) is 2.89. The van der Waals surface area contributed by atoms with Crippen molar-refractivity contribution in [2.45, 2.75) is 39.8 Å². The highest BCUT2D eigenvalue weighted by Crippen LogP contribution is 2.42. The smallest absolute Gasteiger partial charge is 0.0296 e. The van der Waals surface area contributed by atoms with Gasteiger partial charge < -0.3 is 0 Å². The first-order chi connectivity index (χ1) is 10.0. The molecule has 0 aliphatic heterocycles. The maximum absolute atomic E-state index is 2.65. The summed E-state index contributed by atoms with van der Waals surface area (Å²) >= 11 is 2.47. The minimum Gasteiger partial charge on any atom is -0.270 e. The lowest BCUT2D eigenvalue weighted by molar-refractivity contribution is 0.327. The van der Waals surface area contributed by atoms with Crippen molar-refractivity contribution in [1.82, 2.24) is 4.67 Å². The molecule has 0 aromatic heterocycles. The zero-order valence-corrected chi connectivity index (χ0v) is 16.2. The molecule has 0 bridgehead atoms. The van der Waals surface area contributed by atoms with Crippen LogP contribution in [0.2, 0.25) is 0 Å². The molecule has 0 heterocycles. The maximum atomic E-state index is 2.65. The van der Waals surface area contributed by atoms with E-state index < -0.39 is 8.07 Å². The van der Waals surface area contributed by atoms with Gasteiger partial charge in [0.2, 0.25) is 0 Å². The van der Waals surface area contributed by atoms with Crippen molar-refractivity contribution in [1.29, 1.82) is 0 Å². The van der Waals surface area contributed by atoms with Crippen LogP contribution in [0.1, 0.15) is 27.7 Å². The molecule has 0 saturated heterocycles. The number of halogens is 1. The molecule has 1 atom stereocenters. The molecule has 0 N–H and O–H groups in total. The van der Waals surface area contributed by atoms with Crippen molar-refractivity contribution in [3.8, 4) is 0 Å². The molecule has 2 aromatic rings. The second kappa shape index (κ2) is 7.71. The molecule has 3 heteroatoms. The van der Waals surface area contributed by atoms with Crippen molar-refractivity contribution in [2.24, 2.45) is 0 Å². The first-order valence-electron chi connectivity index (χ1n) is 7.40. The Labute approximate surface area is 143 Å². The van der Waals surface area contributed by atoms with Crippen LogP contribution in [-0.4, -0.2) is 16.8 Å². The average Bonchev–Trinajstić information content (AvgIpc) is 2.45. The molecule has 0 aliphatic rings. The highest BCUT2D eigenvalue weighted by molar-refractivity contribution is 14.1. The molecule has 0 saturated carbocycles.